The van der Waals surface area contributed by atoms with E-state index in [-0.39, 0.29) is 23.2 Å². The predicted octanol–water partition coefficient (Wildman–Crippen LogP) is 2.89. The lowest BCUT2D eigenvalue weighted by Gasteiger charge is -2.50. The maximum absolute atomic E-state index is 13.2. The molecule has 0 saturated heterocycles. The Morgan fingerprint density at radius 1 is 1.11 bits per heavy atom. The summed E-state index contributed by atoms with van der Waals surface area (Å²) >= 11 is 3.47. The maximum atomic E-state index is 13.2. The molecular formula is C21H27BrN2O3. The van der Waals surface area contributed by atoms with Gasteiger partial charge in [-0.15, -0.1) is 0 Å². The van der Waals surface area contributed by atoms with Crippen molar-refractivity contribution in [3.8, 4) is 0 Å². The van der Waals surface area contributed by atoms with Crippen molar-refractivity contribution in [3.63, 3.8) is 0 Å². The van der Waals surface area contributed by atoms with Gasteiger partial charge in [-0.2, -0.15) is 0 Å². The monoisotopic (exact) mass is 434 g/mol. The third kappa shape index (κ3) is 2.20. The summed E-state index contributed by atoms with van der Waals surface area (Å²) in [4.78, 5) is 26.4. The van der Waals surface area contributed by atoms with Crippen molar-refractivity contribution in [2.45, 2.75) is 43.9 Å². The number of carbonyl (C=O) groups is 2. The van der Waals surface area contributed by atoms with E-state index in [0.29, 0.717) is 19.4 Å². The summed E-state index contributed by atoms with van der Waals surface area (Å²) in [5.41, 5.74) is 11.2. The first kappa shape index (κ1) is 18.9. The van der Waals surface area contributed by atoms with Crippen molar-refractivity contribution in [1.29, 1.82) is 0 Å². The Labute approximate surface area is 168 Å². The van der Waals surface area contributed by atoms with Gasteiger partial charge in [0, 0.05) is 18.2 Å². The van der Waals surface area contributed by atoms with E-state index in [1.165, 1.54) is 0 Å². The summed E-state index contributed by atoms with van der Waals surface area (Å²) in [5, 5.41) is 0. The Balaban J connectivity index is 1.96. The number of halogens is 1. The summed E-state index contributed by atoms with van der Waals surface area (Å²) in [6.45, 7) is 0.536. The maximum Gasteiger partial charge on any atom is 0.229 e. The third-order valence-electron chi connectivity index (χ3n) is 7.83. The molecule has 1 spiro atoms. The van der Waals surface area contributed by atoms with Gasteiger partial charge in [-0.05, 0) is 73.5 Å². The minimum absolute atomic E-state index is 0.0458. The first-order valence-corrected chi connectivity index (χ1v) is 10.5. The molecule has 3 aliphatic carbocycles. The van der Waals surface area contributed by atoms with Crippen molar-refractivity contribution < 1.29 is 14.3 Å². The number of hydrogen-bond donors (Lipinski definition) is 2. The molecule has 0 aliphatic heterocycles. The molecule has 2 amide bonds. The first-order chi connectivity index (χ1) is 12.9. The average molecular weight is 435 g/mol. The molecule has 1 aromatic carbocycles. The fraction of sp³-hybridized carbons (Fsp3) is 0.619. The van der Waals surface area contributed by atoms with Crippen LogP contribution in [0.1, 0.15) is 44.1 Å². The van der Waals surface area contributed by atoms with Gasteiger partial charge in [0.1, 0.15) is 0 Å². The molecule has 3 aliphatic rings. The Morgan fingerprint density at radius 2 is 1.74 bits per heavy atom. The van der Waals surface area contributed by atoms with Gasteiger partial charge >= 0.3 is 0 Å². The first-order valence-electron chi connectivity index (χ1n) is 9.72. The second kappa shape index (κ2) is 6.31. The summed E-state index contributed by atoms with van der Waals surface area (Å²) in [6, 6.07) is 7.73. The zero-order valence-electron chi connectivity index (χ0n) is 15.7. The highest BCUT2D eigenvalue weighted by Gasteiger charge is 2.83. The van der Waals surface area contributed by atoms with E-state index in [4.69, 9.17) is 16.2 Å². The van der Waals surface area contributed by atoms with Crippen LogP contribution in [-0.4, -0.2) is 25.5 Å². The van der Waals surface area contributed by atoms with E-state index in [0.717, 1.165) is 35.7 Å². The van der Waals surface area contributed by atoms with Gasteiger partial charge in [0.2, 0.25) is 11.8 Å². The SMILES string of the molecule is COCCC[C@@]1(C(N)=O)[C@@H]2CC[C@@H](C23CC3)[C@@]1(C(N)=O)c1ccc(Br)cc1. The number of nitrogens with two attached hydrogens (primary N) is 2. The Bertz CT molecular complexity index is 776. The molecule has 6 heteroatoms. The Morgan fingerprint density at radius 3 is 2.26 bits per heavy atom. The number of methoxy groups -OCH3 is 1. The van der Waals surface area contributed by atoms with Crippen molar-refractivity contribution in [3.05, 3.63) is 34.3 Å². The van der Waals surface area contributed by atoms with Gasteiger partial charge in [-0.1, -0.05) is 28.1 Å². The van der Waals surface area contributed by atoms with E-state index in [2.05, 4.69) is 15.9 Å². The van der Waals surface area contributed by atoms with E-state index in [9.17, 15) is 9.59 Å². The van der Waals surface area contributed by atoms with Gasteiger partial charge in [-0.25, -0.2) is 0 Å². The highest BCUT2D eigenvalue weighted by Crippen LogP contribution is 2.82. The van der Waals surface area contributed by atoms with Gasteiger partial charge in [0.25, 0.3) is 0 Å². The predicted molar refractivity (Wildman–Crippen MR) is 106 cm³/mol. The largest absolute Gasteiger partial charge is 0.385 e. The highest BCUT2D eigenvalue weighted by atomic mass is 79.9. The lowest BCUT2D eigenvalue weighted by atomic mass is 9.51. The van der Waals surface area contributed by atoms with Gasteiger partial charge in [0.05, 0.1) is 10.8 Å². The summed E-state index contributed by atoms with van der Waals surface area (Å²) in [6.07, 6.45) is 5.23. The number of amides is 2. The van der Waals surface area contributed by atoms with Crippen LogP contribution < -0.4 is 11.5 Å². The number of carbonyl (C=O) groups excluding carboxylic acids is 2. The number of hydrogen-bond acceptors (Lipinski definition) is 3. The van der Waals surface area contributed by atoms with Crippen LogP contribution >= 0.6 is 15.9 Å². The van der Waals surface area contributed by atoms with Crippen LogP contribution in [0, 0.1) is 22.7 Å². The fourth-order valence-corrected chi connectivity index (χ4v) is 7.29. The second-order valence-corrected chi connectivity index (χ2v) is 9.44. The molecule has 3 saturated carbocycles. The van der Waals surface area contributed by atoms with E-state index >= 15 is 0 Å². The molecule has 4 atom stereocenters. The number of primary amides is 2. The van der Waals surface area contributed by atoms with Gasteiger partial charge in [0.15, 0.2) is 0 Å². The summed E-state index contributed by atoms with van der Waals surface area (Å²) in [7, 11) is 1.65. The molecule has 0 unspecified atom stereocenters. The molecule has 1 aromatic rings. The zero-order valence-corrected chi connectivity index (χ0v) is 17.3. The van der Waals surface area contributed by atoms with Crippen LogP contribution in [0.2, 0.25) is 0 Å². The summed E-state index contributed by atoms with van der Waals surface area (Å²) < 4.78 is 6.18. The number of benzene rings is 1. The van der Waals surface area contributed by atoms with Crippen molar-refractivity contribution in [2.75, 3.05) is 13.7 Å². The zero-order chi connectivity index (χ0) is 19.4. The average Bonchev–Trinajstić information content (AvgIpc) is 3.29. The van der Waals surface area contributed by atoms with Crippen LogP contribution in [0.5, 0.6) is 0 Å². The minimum atomic E-state index is -1.04. The van der Waals surface area contributed by atoms with Gasteiger partial charge < -0.3 is 16.2 Å². The molecule has 0 heterocycles. The molecule has 0 radical (unpaired) electrons. The van der Waals surface area contributed by atoms with E-state index in [1.54, 1.807) is 7.11 Å². The number of ether oxygens (including phenoxy) is 1. The van der Waals surface area contributed by atoms with Crippen LogP contribution in [0.15, 0.2) is 28.7 Å². The van der Waals surface area contributed by atoms with Crippen LogP contribution in [0.25, 0.3) is 0 Å². The molecular weight excluding hydrogens is 408 g/mol. The van der Waals surface area contributed by atoms with Crippen molar-refractivity contribution >= 4 is 27.7 Å². The Hall–Kier alpha value is -1.40. The molecule has 4 N–H and O–H groups in total. The topological polar surface area (TPSA) is 95.4 Å². The van der Waals surface area contributed by atoms with E-state index < -0.39 is 16.7 Å². The molecule has 4 rings (SSSR count). The van der Waals surface area contributed by atoms with Crippen LogP contribution in [-0.2, 0) is 19.7 Å². The third-order valence-corrected chi connectivity index (χ3v) is 8.36. The quantitative estimate of drug-likeness (QED) is 0.645. The Kier molecular flexibility index (Phi) is 4.43. The van der Waals surface area contributed by atoms with Gasteiger partial charge in [-0.3, -0.25) is 9.59 Å². The minimum Gasteiger partial charge on any atom is -0.385 e. The van der Waals surface area contributed by atoms with Crippen LogP contribution in [0.4, 0.5) is 0 Å². The molecule has 0 aromatic heterocycles. The molecule has 5 nitrogen and oxygen atoms in total. The van der Waals surface area contributed by atoms with Crippen LogP contribution in [0.3, 0.4) is 0 Å². The normalized spacial score (nSPS) is 35.5. The standard InChI is InChI=1S/C21H27BrN2O3/c1-27-12-2-9-20(17(23)25)15-7-8-16(19(15)10-11-19)21(20,18(24)26)13-3-5-14(22)6-4-13/h3-6,15-16H,2,7-12H2,1H3,(H2,23,25)(H2,24,26)/t15-,16+,20+,21-/m1/s1. The molecule has 2 bridgehead atoms. The molecule has 27 heavy (non-hydrogen) atoms. The molecule has 3 fully saturated rings. The fourth-order valence-electron chi connectivity index (χ4n) is 7.02. The lowest BCUT2D eigenvalue weighted by molar-refractivity contribution is -0.147. The summed E-state index contributed by atoms with van der Waals surface area (Å²) in [5.74, 6) is -0.567. The smallest absolute Gasteiger partial charge is 0.229 e. The van der Waals surface area contributed by atoms with Crippen molar-refractivity contribution in [2.24, 2.45) is 34.1 Å². The number of rotatable bonds is 7. The van der Waals surface area contributed by atoms with Crippen molar-refractivity contribution in [1.82, 2.24) is 0 Å². The lowest BCUT2D eigenvalue weighted by Crippen LogP contribution is -2.63. The highest BCUT2D eigenvalue weighted by molar-refractivity contribution is 9.10. The second-order valence-electron chi connectivity index (χ2n) is 8.53. The van der Waals surface area contributed by atoms with E-state index in [1.807, 2.05) is 24.3 Å². The molecule has 146 valence electrons.